The van der Waals surface area contributed by atoms with Crippen LogP contribution in [0, 0.1) is 0 Å². The molecule has 3 aromatic rings. The number of hydrogen-bond donors (Lipinski definition) is 3. The number of nitrogens with one attached hydrogen (secondary N) is 3. The zero-order valence-corrected chi connectivity index (χ0v) is 12.4. The van der Waals surface area contributed by atoms with E-state index in [0.717, 1.165) is 0 Å². The second-order valence-corrected chi connectivity index (χ2v) is 5.19. The maximum atomic E-state index is 12.3. The van der Waals surface area contributed by atoms with E-state index in [2.05, 4.69) is 20.7 Å². The molecule has 0 fully saturated rings. The Morgan fingerprint density at radius 2 is 2.18 bits per heavy atom. The average Bonchev–Trinajstić information content (AvgIpc) is 2.96. The van der Waals surface area contributed by atoms with Crippen molar-refractivity contribution in [3.05, 3.63) is 46.4 Å². The Morgan fingerprint density at radius 3 is 2.95 bits per heavy atom. The molecule has 0 saturated heterocycles. The van der Waals surface area contributed by atoms with Gasteiger partial charge in [-0.15, -0.1) is 0 Å². The summed E-state index contributed by atoms with van der Waals surface area (Å²) < 4.78 is 1.58. The highest BCUT2D eigenvalue weighted by Gasteiger charge is 2.16. The van der Waals surface area contributed by atoms with Crippen LogP contribution in [0.5, 0.6) is 0 Å². The molecule has 0 saturated carbocycles. The second kappa shape index (κ2) is 5.61. The molecule has 2 heterocycles. The molecule has 0 bridgehead atoms. The zero-order valence-electron chi connectivity index (χ0n) is 12.4. The van der Waals surface area contributed by atoms with Crippen LogP contribution in [0.2, 0.25) is 0 Å². The number of hydrogen-bond acceptors (Lipinski definition) is 4. The van der Waals surface area contributed by atoms with Crippen molar-refractivity contribution in [2.24, 2.45) is 0 Å². The van der Waals surface area contributed by atoms with Gasteiger partial charge in [0.25, 0.3) is 11.5 Å². The quantitative estimate of drug-likeness (QED) is 0.655. The number of benzene rings is 1. The number of nitrogens with zero attached hydrogens (tertiary/aromatic N) is 2. The smallest absolute Gasteiger partial charge is 0.259 e. The molecule has 0 aliphatic rings. The first kappa shape index (κ1) is 14.3. The Labute approximate surface area is 126 Å². The van der Waals surface area contributed by atoms with Crippen LogP contribution >= 0.6 is 0 Å². The van der Waals surface area contributed by atoms with Crippen LogP contribution in [-0.4, -0.2) is 40.1 Å². The number of fused-ring (bicyclic) bond motifs is 3. The van der Waals surface area contributed by atoms with E-state index in [0.29, 0.717) is 28.7 Å². The first-order chi connectivity index (χ1) is 10.6. The minimum absolute atomic E-state index is 0.158. The van der Waals surface area contributed by atoms with Crippen molar-refractivity contribution < 1.29 is 4.79 Å². The molecular formula is C15H17N5O2. The lowest BCUT2D eigenvalue weighted by Crippen LogP contribution is -2.37. The molecule has 3 rings (SSSR count). The Hall–Kier alpha value is -2.67. The number of para-hydroxylation sites is 1. The SMILES string of the molecule is CNC(C)CNC(=O)c1cnn2c1[nH]c(=O)c1ccccc12. The van der Waals surface area contributed by atoms with Gasteiger partial charge in [0.2, 0.25) is 0 Å². The average molecular weight is 299 g/mol. The minimum atomic E-state index is -0.261. The Morgan fingerprint density at radius 1 is 1.41 bits per heavy atom. The minimum Gasteiger partial charge on any atom is -0.350 e. The predicted octanol–water partition coefficient (Wildman–Crippen LogP) is 0.514. The second-order valence-electron chi connectivity index (χ2n) is 5.19. The fraction of sp³-hybridized carbons (Fsp3) is 0.267. The largest absolute Gasteiger partial charge is 0.350 e. The third-order valence-corrected chi connectivity index (χ3v) is 3.68. The van der Waals surface area contributed by atoms with E-state index < -0.39 is 0 Å². The molecule has 1 aromatic carbocycles. The lowest BCUT2D eigenvalue weighted by atomic mass is 10.2. The number of amides is 1. The summed E-state index contributed by atoms with van der Waals surface area (Å²) in [6.07, 6.45) is 1.47. The van der Waals surface area contributed by atoms with Crippen LogP contribution in [0.15, 0.2) is 35.3 Å². The van der Waals surface area contributed by atoms with Gasteiger partial charge < -0.3 is 15.6 Å². The maximum absolute atomic E-state index is 12.3. The highest BCUT2D eigenvalue weighted by Crippen LogP contribution is 2.13. The number of H-pyrrole nitrogens is 1. The molecule has 1 atom stereocenters. The fourth-order valence-electron chi connectivity index (χ4n) is 2.29. The molecule has 1 amide bonds. The summed E-state index contributed by atoms with van der Waals surface area (Å²) in [5, 5.41) is 10.6. The van der Waals surface area contributed by atoms with Crippen LogP contribution in [0.3, 0.4) is 0 Å². The van der Waals surface area contributed by atoms with Crippen LogP contribution in [0.4, 0.5) is 0 Å². The summed E-state index contributed by atoms with van der Waals surface area (Å²) in [6.45, 7) is 2.45. The van der Waals surface area contributed by atoms with Crippen molar-refractivity contribution in [3.8, 4) is 0 Å². The Balaban J connectivity index is 2.05. The van der Waals surface area contributed by atoms with Crippen molar-refractivity contribution in [1.29, 1.82) is 0 Å². The summed E-state index contributed by atoms with van der Waals surface area (Å²) >= 11 is 0. The molecule has 0 aliphatic heterocycles. The molecule has 114 valence electrons. The van der Waals surface area contributed by atoms with Crippen molar-refractivity contribution in [2.75, 3.05) is 13.6 Å². The van der Waals surface area contributed by atoms with Gasteiger partial charge in [0, 0.05) is 12.6 Å². The lowest BCUT2D eigenvalue weighted by molar-refractivity contribution is 0.0952. The molecule has 0 spiro atoms. The highest BCUT2D eigenvalue weighted by atomic mass is 16.2. The predicted molar refractivity (Wildman–Crippen MR) is 84.2 cm³/mol. The summed E-state index contributed by atoms with van der Waals surface area (Å²) in [5.41, 5.74) is 1.19. The van der Waals surface area contributed by atoms with Crippen LogP contribution in [-0.2, 0) is 0 Å². The third-order valence-electron chi connectivity index (χ3n) is 3.68. The normalized spacial score (nSPS) is 12.6. The van der Waals surface area contributed by atoms with Gasteiger partial charge in [0.1, 0.15) is 11.2 Å². The summed E-state index contributed by atoms with van der Waals surface area (Å²) in [4.78, 5) is 27.1. The Kier molecular flexibility index (Phi) is 3.64. The van der Waals surface area contributed by atoms with E-state index in [1.165, 1.54) is 6.20 Å². The molecule has 0 aliphatic carbocycles. The van der Waals surface area contributed by atoms with E-state index in [-0.39, 0.29) is 17.5 Å². The maximum Gasteiger partial charge on any atom is 0.259 e. The van der Waals surface area contributed by atoms with Gasteiger partial charge in [-0.1, -0.05) is 12.1 Å². The van der Waals surface area contributed by atoms with Crippen LogP contribution in [0.1, 0.15) is 17.3 Å². The molecule has 7 heteroatoms. The first-order valence-electron chi connectivity index (χ1n) is 7.06. The van der Waals surface area contributed by atoms with Gasteiger partial charge in [-0.3, -0.25) is 9.59 Å². The standard InChI is InChI=1S/C15H17N5O2/c1-9(16-2)7-17-14(21)11-8-18-20-12-6-4-3-5-10(12)15(22)19-13(11)20/h3-6,8-9,16H,7H2,1-2H3,(H,17,21)(H,19,22). The molecule has 3 N–H and O–H groups in total. The summed E-state index contributed by atoms with van der Waals surface area (Å²) in [6, 6.07) is 7.31. The summed E-state index contributed by atoms with van der Waals surface area (Å²) in [5.74, 6) is -0.261. The number of aromatic nitrogens is 3. The van der Waals surface area contributed by atoms with E-state index in [1.54, 1.807) is 22.7 Å². The number of carbonyl (C=O) groups is 1. The van der Waals surface area contributed by atoms with E-state index in [9.17, 15) is 9.59 Å². The number of carbonyl (C=O) groups excluding carboxylic acids is 1. The van der Waals surface area contributed by atoms with E-state index in [1.807, 2.05) is 20.0 Å². The van der Waals surface area contributed by atoms with E-state index >= 15 is 0 Å². The molecule has 0 radical (unpaired) electrons. The van der Waals surface area contributed by atoms with E-state index in [4.69, 9.17) is 0 Å². The van der Waals surface area contributed by atoms with Crippen LogP contribution < -0.4 is 16.2 Å². The van der Waals surface area contributed by atoms with Crippen molar-refractivity contribution in [1.82, 2.24) is 25.2 Å². The van der Waals surface area contributed by atoms with Crippen molar-refractivity contribution >= 4 is 22.5 Å². The highest BCUT2D eigenvalue weighted by molar-refractivity contribution is 6.00. The molecule has 1 unspecified atom stereocenters. The fourth-order valence-corrected chi connectivity index (χ4v) is 2.29. The molecular weight excluding hydrogens is 282 g/mol. The van der Waals surface area contributed by atoms with Gasteiger partial charge in [0.15, 0.2) is 0 Å². The number of aromatic amines is 1. The molecule has 2 aromatic heterocycles. The Bertz CT molecular complexity index is 896. The van der Waals surface area contributed by atoms with Gasteiger partial charge in [0.05, 0.1) is 17.1 Å². The number of rotatable bonds is 4. The van der Waals surface area contributed by atoms with Gasteiger partial charge in [-0.2, -0.15) is 5.10 Å². The first-order valence-corrected chi connectivity index (χ1v) is 7.06. The summed E-state index contributed by atoms with van der Waals surface area (Å²) in [7, 11) is 1.83. The topological polar surface area (TPSA) is 91.3 Å². The van der Waals surface area contributed by atoms with Gasteiger partial charge in [-0.25, -0.2) is 4.52 Å². The monoisotopic (exact) mass is 299 g/mol. The van der Waals surface area contributed by atoms with Gasteiger partial charge in [-0.05, 0) is 26.1 Å². The lowest BCUT2D eigenvalue weighted by Gasteiger charge is -2.10. The zero-order chi connectivity index (χ0) is 15.7. The third kappa shape index (κ3) is 2.35. The molecule has 7 nitrogen and oxygen atoms in total. The molecule has 22 heavy (non-hydrogen) atoms. The van der Waals surface area contributed by atoms with Gasteiger partial charge >= 0.3 is 0 Å². The van der Waals surface area contributed by atoms with Crippen LogP contribution in [0.25, 0.3) is 16.6 Å². The van der Waals surface area contributed by atoms with Crippen molar-refractivity contribution in [2.45, 2.75) is 13.0 Å². The number of likely N-dealkylation sites (N-methyl/N-ethyl adjacent to an activating group) is 1. The van der Waals surface area contributed by atoms with Crippen molar-refractivity contribution in [3.63, 3.8) is 0 Å².